The lowest BCUT2D eigenvalue weighted by molar-refractivity contribution is 0.607. The molecule has 27 heavy (non-hydrogen) atoms. The Morgan fingerprint density at radius 2 is 2.04 bits per heavy atom. The van der Waals surface area contributed by atoms with Crippen molar-refractivity contribution < 1.29 is 8.42 Å². The number of sulfonamides is 1. The van der Waals surface area contributed by atoms with Gasteiger partial charge in [0.25, 0.3) is 0 Å². The Morgan fingerprint density at radius 1 is 1.22 bits per heavy atom. The number of aromatic amines is 1. The van der Waals surface area contributed by atoms with Crippen LogP contribution in [0.5, 0.6) is 0 Å². The number of anilines is 4. The minimum absolute atomic E-state index is 0.386. The molecule has 0 aliphatic heterocycles. The SMILES string of the molecule is CS(=O)(=O)Nc1cccc(Nc2ncc(Br)c(NCCc3c[nH]cn3)n2)c1. The normalized spacial score (nSPS) is 11.2. The molecule has 11 heteroatoms. The Kier molecular flexibility index (Phi) is 5.91. The number of rotatable bonds is 8. The summed E-state index contributed by atoms with van der Waals surface area (Å²) in [6.07, 6.45) is 6.99. The van der Waals surface area contributed by atoms with Gasteiger partial charge in [0.15, 0.2) is 0 Å². The van der Waals surface area contributed by atoms with Crippen molar-refractivity contribution >= 4 is 49.1 Å². The number of nitrogens with one attached hydrogen (secondary N) is 4. The zero-order chi connectivity index (χ0) is 19.3. The summed E-state index contributed by atoms with van der Waals surface area (Å²) in [7, 11) is -3.34. The van der Waals surface area contributed by atoms with Crippen molar-refractivity contribution in [1.29, 1.82) is 0 Å². The molecule has 0 spiro atoms. The van der Waals surface area contributed by atoms with Crippen LogP contribution in [0, 0.1) is 0 Å². The van der Waals surface area contributed by atoms with E-state index in [9.17, 15) is 8.42 Å². The molecule has 9 nitrogen and oxygen atoms in total. The van der Waals surface area contributed by atoms with E-state index in [0.717, 1.165) is 22.8 Å². The monoisotopic (exact) mass is 451 g/mol. The predicted molar refractivity (Wildman–Crippen MR) is 109 cm³/mol. The molecule has 0 aliphatic carbocycles. The quantitative estimate of drug-likeness (QED) is 0.414. The predicted octanol–water partition coefficient (Wildman–Crippen LogP) is 2.73. The van der Waals surface area contributed by atoms with Gasteiger partial charge in [-0.15, -0.1) is 0 Å². The molecule has 0 saturated carbocycles. The summed E-state index contributed by atoms with van der Waals surface area (Å²) in [4.78, 5) is 15.8. The molecule has 1 aromatic carbocycles. The van der Waals surface area contributed by atoms with Crippen LogP contribution in [0.3, 0.4) is 0 Å². The zero-order valence-electron chi connectivity index (χ0n) is 14.4. The molecule has 0 atom stereocenters. The third-order valence-corrected chi connectivity index (χ3v) is 4.58. The molecule has 0 aliphatic rings. The first-order chi connectivity index (χ1) is 12.9. The van der Waals surface area contributed by atoms with Crippen molar-refractivity contribution in [3.05, 3.63) is 53.2 Å². The Bertz CT molecular complexity index is 1010. The second kappa shape index (κ2) is 8.35. The zero-order valence-corrected chi connectivity index (χ0v) is 16.8. The van der Waals surface area contributed by atoms with Crippen molar-refractivity contribution in [3.8, 4) is 0 Å². The first-order valence-corrected chi connectivity index (χ1v) is 10.7. The van der Waals surface area contributed by atoms with Gasteiger partial charge >= 0.3 is 0 Å². The third kappa shape index (κ3) is 5.93. The van der Waals surface area contributed by atoms with E-state index in [0.29, 0.717) is 29.7 Å². The molecule has 0 saturated heterocycles. The molecule has 3 rings (SSSR count). The summed E-state index contributed by atoms with van der Waals surface area (Å²) in [5.41, 5.74) is 2.08. The lowest BCUT2D eigenvalue weighted by atomic mass is 10.3. The number of hydrogen-bond acceptors (Lipinski definition) is 7. The molecular weight excluding hydrogens is 434 g/mol. The van der Waals surface area contributed by atoms with Gasteiger partial charge in [-0.2, -0.15) is 4.98 Å². The smallest absolute Gasteiger partial charge is 0.229 e. The molecule has 0 bridgehead atoms. The van der Waals surface area contributed by atoms with Gasteiger partial charge in [0, 0.05) is 31.0 Å². The molecule has 0 fully saturated rings. The summed E-state index contributed by atoms with van der Waals surface area (Å²) in [6, 6.07) is 6.86. The number of nitrogens with zero attached hydrogens (tertiary/aromatic N) is 3. The highest BCUT2D eigenvalue weighted by Crippen LogP contribution is 2.23. The van der Waals surface area contributed by atoms with E-state index in [-0.39, 0.29) is 0 Å². The minimum atomic E-state index is -3.34. The molecular formula is C16H18BrN7O2S. The fourth-order valence-corrected chi connectivity index (χ4v) is 3.18. The highest BCUT2D eigenvalue weighted by atomic mass is 79.9. The molecule has 0 amide bonds. The molecule has 2 aromatic heterocycles. The molecule has 0 radical (unpaired) electrons. The summed E-state index contributed by atoms with van der Waals surface area (Å²) < 4.78 is 25.9. The van der Waals surface area contributed by atoms with E-state index >= 15 is 0 Å². The van der Waals surface area contributed by atoms with Crippen LogP contribution in [-0.4, -0.2) is 41.2 Å². The fraction of sp³-hybridized carbons (Fsp3) is 0.188. The fourth-order valence-electron chi connectivity index (χ4n) is 2.29. The van der Waals surface area contributed by atoms with Crippen LogP contribution in [0.2, 0.25) is 0 Å². The standard InChI is InChI=1S/C16H18BrN7O2S/c1-27(25,26)24-12-4-2-3-11(7-12)22-16-20-9-14(17)15(23-16)19-6-5-13-8-18-10-21-13/h2-4,7-10,24H,5-6H2,1H3,(H,18,21)(H2,19,20,22,23). The van der Waals surface area contributed by atoms with Crippen LogP contribution >= 0.6 is 15.9 Å². The van der Waals surface area contributed by atoms with Crippen LogP contribution in [0.15, 0.2) is 47.5 Å². The Morgan fingerprint density at radius 3 is 2.78 bits per heavy atom. The van der Waals surface area contributed by atoms with Gasteiger partial charge in [0.2, 0.25) is 16.0 Å². The maximum absolute atomic E-state index is 11.4. The maximum atomic E-state index is 11.4. The average Bonchev–Trinajstić information content (AvgIpc) is 3.10. The summed E-state index contributed by atoms with van der Waals surface area (Å²) >= 11 is 3.43. The summed E-state index contributed by atoms with van der Waals surface area (Å²) in [5, 5.41) is 6.30. The van der Waals surface area contributed by atoms with E-state index in [1.807, 2.05) is 6.20 Å². The van der Waals surface area contributed by atoms with Gasteiger partial charge < -0.3 is 15.6 Å². The van der Waals surface area contributed by atoms with Crippen LogP contribution in [0.1, 0.15) is 5.69 Å². The largest absolute Gasteiger partial charge is 0.369 e. The van der Waals surface area contributed by atoms with Crippen LogP contribution in [0.25, 0.3) is 0 Å². The molecule has 4 N–H and O–H groups in total. The topological polar surface area (TPSA) is 125 Å². The Labute approximate surface area is 165 Å². The summed E-state index contributed by atoms with van der Waals surface area (Å²) in [5.74, 6) is 1.03. The average molecular weight is 452 g/mol. The summed E-state index contributed by atoms with van der Waals surface area (Å²) in [6.45, 7) is 0.660. The van der Waals surface area contributed by atoms with Crippen molar-refractivity contribution in [2.24, 2.45) is 0 Å². The molecule has 3 aromatic rings. The van der Waals surface area contributed by atoms with Gasteiger partial charge in [-0.25, -0.2) is 18.4 Å². The molecule has 142 valence electrons. The van der Waals surface area contributed by atoms with E-state index < -0.39 is 10.0 Å². The van der Waals surface area contributed by atoms with Gasteiger partial charge in [-0.1, -0.05) is 6.07 Å². The van der Waals surface area contributed by atoms with Gasteiger partial charge in [0.05, 0.1) is 28.4 Å². The van der Waals surface area contributed by atoms with Crippen molar-refractivity contribution in [2.45, 2.75) is 6.42 Å². The Hall–Kier alpha value is -2.66. The number of hydrogen-bond donors (Lipinski definition) is 4. The van der Waals surface area contributed by atoms with Crippen LogP contribution in [-0.2, 0) is 16.4 Å². The number of aromatic nitrogens is 4. The van der Waals surface area contributed by atoms with Gasteiger partial charge in [0.1, 0.15) is 5.82 Å². The minimum Gasteiger partial charge on any atom is -0.369 e. The van der Waals surface area contributed by atoms with E-state index in [4.69, 9.17) is 0 Å². The van der Waals surface area contributed by atoms with Crippen molar-refractivity contribution in [3.63, 3.8) is 0 Å². The first kappa shape index (κ1) is 19.1. The van der Waals surface area contributed by atoms with Crippen LogP contribution < -0.4 is 15.4 Å². The third-order valence-electron chi connectivity index (χ3n) is 3.39. The van der Waals surface area contributed by atoms with E-state index in [2.05, 4.69) is 51.2 Å². The van der Waals surface area contributed by atoms with Crippen molar-refractivity contribution in [2.75, 3.05) is 28.2 Å². The molecule has 0 unspecified atom stereocenters. The lowest BCUT2D eigenvalue weighted by Gasteiger charge is -2.11. The second-order valence-electron chi connectivity index (χ2n) is 5.71. The second-order valence-corrected chi connectivity index (χ2v) is 8.31. The lowest BCUT2D eigenvalue weighted by Crippen LogP contribution is -2.10. The number of imidazole rings is 1. The first-order valence-electron chi connectivity index (χ1n) is 7.98. The van der Waals surface area contributed by atoms with Gasteiger partial charge in [-0.05, 0) is 34.1 Å². The highest BCUT2D eigenvalue weighted by molar-refractivity contribution is 9.10. The Balaban J connectivity index is 1.67. The van der Waals surface area contributed by atoms with E-state index in [1.54, 1.807) is 36.8 Å². The highest BCUT2D eigenvalue weighted by Gasteiger charge is 2.07. The molecule has 2 heterocycles. The van der Waals surface area contributed by atoms with Crippen LogP contribution in [0.4, 0.5) is 23.1 Å². The van der Waals surface area contributed by atoms with Crippen molar-refractivity contribution in [1.82, 2.24) is 19.9 Å². The van der Waals surface area contributed by atoms with Gasteiger partial charge in [-0.3, -0.25) is 4.72 Å². The number of halogens is 1. The number of H-pyrrole nitrogens is 1. The number of benzene rings is 1. The van der Waals surface area contributed by atoms with E-state index in [1.165, 1.54) is 0 Å². The maximum Gasteiger partial charge on any atom is 0.229 e.